The largest absolute Gasteiger partial charge is 0.340 e. The molecule has 0 aliphatic carbocycles. The minimum Gasteiger partial charge on any atom is -0.340 e. The smallest absolute Gasteiger partial charge is 0.253 e. The molecule has 1 atom stereocenters. The van der Waals surface area contributed by atoms with Gasteiger partial charge in [-0.2, -0.15) is 0 Å². The first-order valence-corrected chi connectivity index (χ1v) is 6.98. The van der Waals surface area contributed by atoms with Gasteiger partial charge in [-0.25, -0.2) is 0 Å². The molecule has 2 rings (SSSR count). The Morgan fingerprint density at radius 3 is 2.72 bits per heavy atom. The lowest BCUT2D eigenvalue weighted by Crippen LogP contribution is -2.26. The van der Waals surface area contributed by atoms with Crippen molar-refractivity contribution in [3.05, 3.63) is 21.4 Å². The van der Waals surface area contributed by atoms with Gasteiger partial charge >= 0.3 is 0 Å². The van der Waals surface area contributed by atoms with E-state index < -0.39 is 0 Å². The van der Waals surface area contributed by atoms with Crippen molar-refractivity contribution in [1.29, 1.82) is 0 Å². The molecule has 1 unspecified atom stereocenters. The topological polar surface area (TPSA) is 53.5 Å². The number of aliphatic imine (C=N–C) groups is 1. The third kappa shape index (κ3) is 2.72. The van der Waals surface area contributed by atoms with Crippen molar-refractivity contribution >= 4 is 23.2 Å². The number of nitrogens with zero attached hydrogens (tertiary/aromatic N) is 1. The summed E-state index contributed by atoms with van der Waals surface area (Å²) in [5, 5.41) is 5.96. The molecule has 1 aromatic rings. The normalized spacial score (nSPS) is 21.5. The van der Waals surface area contributed by atoms with E-state index in [0.717, 1.165) is 12.1 Å². The maximum atomic E-state index is 11.9. The number of rotatable bonds is 3. The zero-order chi connectivity index (χ0) is 13.3. The number of hydrogen-bond donors (Lipinski definition) is 2. The van der Waals surface area contributed by atoms with Crippen molar-refractivity contribution in [1.82, 2.24) is 10.6 Å². The summed E-state index contributed by atoms with van der Waals surface area (Å²) in [6.07, 6.45) is 0. The van der Waals surface area contributed by atoms with Crippen molar-refractivity contribution in [3.8, 4) is 0 Å². The van der Waals surface area contributed by atoms with Gasteiger partial charge in [0.1, 0.15) is 6.04 Å². The van der Waals surface area contributed by atoms with Gasteiger partial charge in [0.2, 0.25) is 0 Å². The van der Waals surface area contributed by atoms with Gasteiger partial charge in [0.15, 0.2) is 5.96 Å². The van der Waals surface area contributed by atoms with E-state index >= 15 is 0 Å². The van der Waals surface area contributed by atoms with Gasteiger partial charge in [-0.1, -0.05) is 13.8 Å². The van der Waals surface area contributed by atoms with Crippen LogP contribution in [-0.4, -0.2) is 18.4 Å². The van der Waals surface area contributed by atoms with Crippen LogP contribution >= 0.6 is 11.3 Å². The molecule has 1 aromatic heterocycles. The van der Waals surface area contributed by atoms with Crippen LogP contribution in [0.4, 0.5) is 0 Å². The monoisotopic (exact) mass is 265 g/mol. The number of carbonyl (C=O) groups excluding carboxylic acids is 1. The van der Waals surface area contributed by atoms with Crippen molar-refractivity contribution in [2.45, 2.75) is 33.7 Å². The average Bonchev–Trinajstić information content (AvgIpc) is 2.79. The van der Waals surface area contributed by atoms with E-state index in [0.29, 0.717) is 11.9 Å². The van der Waals surface area contributed by atoms with Crippen LogP contribution in [0.1, 0.15) is 35.2 Å². The molecule has 0 radical (unpaired) electrons. The van der Waals surface area contributed by atoms with E-state index in [1.807, 2.05) is 6.92 Å². The van der Waals surface area contributed by atoms with Crippen LogP contribution in [0, 0.1) is 19.8 Å². The van der Waals surface area contributed by atoms with Crippen molar-refractivity contribution in [2.75, 3.05) is 6.54 Å². The molecule has 0 bridgehead atoms. The highest BCUT2D eigenvalue weighted by molar-refractivity contribution is 7.12. The summed E-state index contributed by atoms with van der Waals surface area (Å²) in [4.78, 5) is 18.7. The van der Waals surface area contributed by atoms with E-state index in [1.165, 1.54) is 9.75 Å². The summed E-state index contributed by atoms with van der Waals surface area (Å²) in [5.74, 6) is 1.07. The molecular formula is C13H19N3OS. The number of hydrogen-bond acceptors (Lipinski definition) is 3. The lowest BCUT2D eigenvalue weighted by Gasteiger charge is -2.07. The molecule has 5 heteroatoms. The van der Waals surface area contributed by atoms with E-state index in [1.54, 1.807) is 11.3 Å². The third-order valence-corrected chi connectivity index (χ3v) is 3.77. The second-order valence-electron chi connectivity index (χ2n) is 5.02. The molecule has 18 heavy (non-hydrogen) atoms. The van der Waals surface area contributed by atoms with Crippen LogP contribution in [-0.2, 0) is 4.79 Å². The van der Waals surface area contributed by atoms with E-state index in [4.69, 9.17) is 0 Å². The predicted octanol–water partition coefficient (Wildman–Crippen LogP) is 2.14. The van der Waals surface area contributed by atoms with Gasteiger partial charge in [0.05, 0.1) is 0 Å². The highest BCUT2D eigenvalue weighted by Gasteiger charge is 2.31. The second kappa shape index (κ2) is 5.10. The lowest BCUT2D eigenvalue weighted by atomic mass is 10.1. The van der Waals surface area contributed by atoms with Gasteiger partial charge in [-0.05, 0) is 31.4 Å². The Morgan fingerprint density at radius 1 is 1.44 bits per heavy atom. The SMILES string of the molecule is Cc1cc(C2NC(=NCC(C)C)NC2=O)c(C)s1. The molecule has 1 aliphatic rings. The molecule has 0 aromatic carbocycles. The van der Waals surface area contributed by atoms with E-state index in [9.17, 15) is 4.79 Å². The number of amides is 1. The number of thiophene rings is 1. The van der Waals surface area contributed by atoms with Gasteiger partial charge in [0.25, 0.3) is 5.91 Å². The minimum absolute atomic E-state index is 0.0154. The molecule has 98 valence electrons. The molecule has 4 nitrogen and oxygen atoms in total. The molecule has 1 saturated heterocycles. The molecule has 1 fully saturated rings. The van der Waals surface area contributed by atoms with Gasteiger partial charge in [-0.15, -0.1) is 11.3 Å². The van der Waals surface area contributed by atoms with Crippen molar-refractivity contribution in [2.24, 2.45) is 10.9 Å². The molecule has 2 N–H and O–H groups in total. The summed E-state index contributed by atoms with van der Waals surface area (Å²) < 4.78 is 0. The Kier molecular flexibility index (Phi) is 3.71. The highest BCUT2D eigenvalue weighted by atomic mass is 32.1. The molecular weight excluding hydrogens is 246 g/mol. The Balaban J connectivity index is 2.15. The zero-order valence-electron chi connectivity index (χ0n) is 11.2. The first kappa shape index (κ1) is 13.1. The van der Waals surface area contributed by atoms with Crippen molar-refractivity contribution in [3.63, 3.8) is 0 Å². The van der Waals surface area contributed by atoms with E-state index in [2.05, 4.69) is 42.5 Å². The number of nitrogens with one attached hydrogen (secondary N) is 2. The summed E-state index contributed by atoms with van der Waals surface area (Å²) in [6.45, 7) is 9.03. The van der Waals surface area contributed by atoms with E-state index in [-0.39, 0.29) is 11.9 Å². The van der Waals surface area contributed by atoms with Crippen LogP contribution in [0.25, 0.3) is 0 Å². The fourth-order valence-corrected chi connectivity index (χ4v) is 2.91. The number of guanidine groups is 1. The Bertz CT molecular complexity index is 490. The highest BCUT2D eigenvalue weighted by Crippen LogP contribution is 2.27. The standard InChI is InChI=1S/C13H19N3OS/c1-7(2)6-14-13-15-11(12(17)16-13)10-5-8(3)18-9(10)4/h5,7,11H,6H2,1-4H3,(H2,14,15,16,17). The maximum absolute atomic E-state index is 11.9. The molecule has 0 spiro atoms. The molecule has 1 aliphatic heterocycles. The van der Waals surface area contributed by atoms with Crippen LogP contribution in [0.2, 0.25) is 0 Å². The second-order valence-corrected chi connectivity index (χ2v) is 6.48. The fraction of sp³-hybridized carbons (Fsp3) is 0.538. The average molecular weight is 265 g/mol. The molecule has 2 heterocycles. The quantitative estimate of drug-likeness (QED) is 0.879. The van der Waals surface area contributed by atoms with Gasteiger partial charge in [0, 0.05) is 16.3 Å². The van der Waals surface area contributed by atoms with Crippen LogP contribution in [0.3, 0.4) is 0 Å². The molecule has 1 amide bonds. The van der Waals surface area contributed by atoms with Crippen LogP contribution < -0.4 is 10.6 Å². The number of aryl methyl sites for hydroxylation is 2. The van der Waals surface area contributed by atoms with Crippen LogP contribution in [0.15, 0.2) is 11.1 Å². The summed E-state index contributed by atoms with van der Waals surface area (Å²) in [7, 11) is 0. The minimum atomic E-state index is -0.291. The first-order valence-electron chi connectivity index (χ1n) is 6.16. The Morgan fingerprint density at radius 2 is 2.17 bits per heavy atom. The summed E-state index contributed by atoms with van der Waals surface area (Å²) in [6, 6.07) is 1.78. The Hall–Kier alpha value is -1.36. The fourth-order valence-electron chi connectivity index (χ4n) is 1.94. The zero-order valence-corrected chi connectivity index (χ0v) is 12.0. The third-order valence-electron chi connectivity index (χ3n) is 2.79. The summed E-state index contributed by atoms with van der Waals surface area (Å²) >= 11 is 1.72. The van der Waals surface area contributed by atoms with Gasteiger partial charge < -0.3 is 5.32 Å². The Labute approximate surface area is 112 Å². The first-order chi connectivity index (χ1) is 8.47. The van der Waals surface area contributed by atoms with Crippen LogP contribution in [0.5, 0.6) is 0 Å². The lowest BCUT2D eigenvalue weighted by molar-refractivity contribution is -0.120. The summed E-state index contributed by atoms with van der Waals surface area (Å²) in [5.41, 5.74) is 1.06. The van der Waals surface area contributed by atoms with Crippen molar-refractivity contribution < 1.29 is 4.79 Å². The predicted molar refractivity (Wildman–Crippen MR) is 75.0 cm³/mol. The van der Waals surface area contributed by atoms with Gasteiger partial charge in [-0.3, -0.25) is 15.1 Å². The number of carbonyl (C=O) groups is 1. The molecule has 0 saturated carbocycles. The maximum Gasteiger partial charge on any atom is 0.253 e.